The number of aromatic carboxylic acids is 1. The van der Waals surface area contributed by atoms with Gasteiger partial charge in [0, 0.05) is 11.6 Å². The van der Waals surface area contributed by atoms with E-state index in [1.165, 1.54) is 0 Å². The normalized spacial score (nSPS) is 14.6. The second-order valence-electron chi connectivity index (χ2n) is 4.76. The first-order chi connectivity index (χ1) is 9.49. The molecular formula is C14H10Cl3NO2. The van der Waals surface area contributed by atoms with E-state index in [2.05, 4.69) is 0 Å². The van der Waals surface area contributed by atoms with Gasteiger partial charge in [-0.25, -0.2) is 4.79 Å². The molecule has 0 radical (unpaired) electrons. The van der Waals surface area contributed by atoms with Crippen molar-refractivity contribution in [2.75, 3.05) is 0 Å². The number of rotatable bonds is 3. The standard InChI is InChI=1S/C14H10Cl3NO2/c15-9-6-11(17)10(16)5-8(9)12-3-4-13(14(19)20)18(12)7-1-2-7/h3-7H,1-2H2,(H,19,20). The Labute approximate surface area is 130 Å². The minimum absolute atomic E-state index is 0.219. The van der Waals surface area contributed by atoms with E-state index in [1.807, 2.05) is 4.57 Å². The number of halogens is 3. The van der Waals surface area contributed by atoms with Gasteiger partial charge in [-0.3, -0.25) is 0 Å². The monoisotopic (exact) mass is 329 g/mol. The molecule has 0 spiro atoms. The summed E-state index contributed by atoms with van der Waals surface area (Å²) in [4.78, 5) is 11.3. The van der Waals surface area contributed by atoms with Gasteiger partial charge in [0.05, 0.1) is 20.8 Å². The quantitative estimate of drug-likeness (QED) is 0.791. The molecule has 1 aliphatic carbocycles. The van der Waals surface area contributed by atoms with Crippen molar-refractivity contribution < 1.29 is 9.90 Å². The number of benzene rings is 1. The van der Waals surface area contributed by atoms with E-state index >= 15 is 0 Å². The van der Waals surface area contributed by atoms with Gasteiger partial charge in [0.15, 0.2) is 0 Å². The fraction of sp³-hybridized carbons (Fsp3) is 0.214. The maximum Gasteiger partial charge on any atom is 0.352 e. The zero-order valence-electron chi connectivity index (χ0n) is 10.2. The third-order valence-electron chi connectivity index (χ3n) is 3.34. The molecule has 1 N–H and O–H groups in total. The highest BCUT2D eigenvalue weighted by Crippen LogP contribution is 2.43. The Morgan fingerprint density at radius 3 is 2.35 bits per heavy atom. The first kappa shape index (κ1) is 13.8. The summed E-state index contributed by atoms with van der Waals surface area (Å²) >= 11 is 18.2. The van der Waals surface area contributed by atoms with Crippen LogP contribution in [0.3, 0.4) is 0 Å². The molecule has 2 aromatic rings. The molecule has 0 unspecified atom stereocenters. The van der Waals surface area contributed by atoms with Crippen molar-refractivity contribution in [2.24, 2.45) is 0 Å². The lowest BCUT2D eigenvalue weighted by atomic mass is 10.1. The SMILES string of the molecule is O=C(O)c1ccc(-c2cc(Cl)c(Cl)cc2Cl)n1C1CC1. The molecule has 3 nitrogen and oxygen atoms in total. The number of hydrogen-bond acceptors (Lipinski definition) is 1. The summed E-state index contributed by atoms with van der Waals surface area (Å²) in [7, 11) is 0. The zero-order valence-corrected chi connectivity index (χ0v) is 12.5. The van der Waals surface area contributed by atoms with Crippen LogP contribution < -0.4 is 0 Å². The first-order valence-corrected chi connectivity index (χ1v) is 7.22. The Bertz CT molecular complexity index is 705. The molecule has 6 heteroatoms. The second-order valence-corrected chi connectivity index (χ2v) is 5.98. The van der Waals surface area contributed by atoms with Gasteiger partial charge in [-0.1, -0.05) is 34.8 Å². The summed E-state index contributed by atoms with van der Waals surface area (Å²) in [6.45, 7) is 0. The average molecular weight is 331 g/mol. The minimum Gasteiger partial charge on any atom is -0.477 e. The van der Waals surface area contributed by atoms with E-state index in [0.717, 1.165) is 18.5 Å². The maximum absolute atomic E-state index is 11.3. The lowest BCUT2D eigenvalue weighted by molar-refractivity contribution is 0.0685. The van der Waals surface area contributed by atoms with Crippen LogP contribution in [0.4, 0.5) is 0 Å². The Morgan fingerprint density at radius 2 is 1.75 bits per heavy atom. The number of carboxylic acids is 1. The zero-order chi connectivity index (χ0) is 14.4. The van der Waals surface area contributed by atoms with Gasteiger partial charge in [0.25, 0.3) is 0 Å². The molecule has 20 heavy (non-hydrogen) atoms. The summed E-state index contributed by atoms with van der Waals surface area (Å²) in [6.07, 6.45) is 1.95. The van der Waals surface area contributed by atoms with Crippen molar-refractivity contribution in [3.8, 4) is 11.3 Å². The molecule has 1 fully saturated rings. The van der Waals surface area contributed by atoms with Crippen LogP contribution in [0.2, 0.25) is 15.1 Å². The highest BCUT2D eigenvalue weighted by molar-refractivity contribution is 6.44. The number of carbonyl (C=O) groups is 1. The molecule has 1 saturated carbocycles. The smallest absolute Gasteiger partial charge is 0.352 e. The number of nitrogens with zero attached hydrogens (tertiary/aromatic N) is 1. The summed E-state index contributed by atoms with van der Waals surface area (Å²) < 4.78 is 1.81. The predicted octanol–water partition coefficient (Wildman–Crippen LogP) is 5.15. The van der Waals surface area contributed by atoms with E-state index in [1.54, 1.807) is 24.3 Å². The molecule has 1 aliphatic rings. The number of hydrogen-bond donors (Lipinski definition) is 1. The molecular weight excluding hydrogens is 321 g/mol. The van der Waals surface area contributed by atoms with Crippen molar-refractivity contribution >= 4 is 40.8 Å². The van der Waals surface area contributed by atoms with E-state index in [9.17, 15) is 9.90 Å². The predicted molar refractivity (Wildman–Crippen MR) is 80.1 cm³/mol. The molecule has 0 aliphatic heterocycles. The molecule has 104 valence electrons. The fourth-order valence-electron chi connectivity index (χ4n) is 2.29. The molecule has 0 bridgehead atoms. The van der Waals surface area contributed by atoms with Crippen molar-refractivity contribution in [1.29, 1.82) is 0 Å². The van der Waals surface area contributed by atoms with Crippen molar-refractivity contribution in [3.63, 3.8) is 0 Å². The van der Waals surface area contributed by atoms with Gasteiger partial charge in [-0.05, 0) is 37.1 Å². The second kappa shape index (κ2) is 4.99. The highest BCUT2D eigenvalue weighted by Gasteiger charge is 2.30. The Morgan fingerprint density at radius 1 is 1.10 bits per heavy atom. The van der Waals surface area contributed by atoms with Gasteiger partial charge in [0.1, 0.15) is 5.69 Å². The van der Waals surface area contributed by atoms with Crippen LogP contribution in [0.5, 0.6) is 0 Å². The minimum atomic E-state index is -0.945. The van der Waals surface area contributed by atoms with Gasteiger partial charge < -0.3 is 9.67 Å². The fourth-order valence-corrected chi connectivity index (χ4v) is 2.93. The molecule has 0 amide bonds. The van der Waals surface area contributed by atoms with Crippen LogP contribution in [-0.4, -0.2) is 15.6 Å². The van der Waals surface area contributed by atoms with E-state index in [0.29, 0.717) is 20.6 Å². The van der Waals surface area contributed by atoms with Crippen LogP contribution in [0.25, 0.3) is 11.3 Å². The third-order valence-corrected chi connectivity index (χ3v) is 4.37. The third kappa shape index (κ3) is 2.30. The van der Waals surface area contributed by atoms with E-state index < -0.39 is 5.97 Å². The Hall–Kier alpha value is -1.16. The van der Waals surface area contributed by atoms with Gasteiger partial charge in [0.2, 0.25) is 0 Å². The molecule has 1 aromatic carbocycles. The number of carboxylic acid groups (broad SMARTS) is 1. The lowest BCUT2D eigenvalue weighted by Gasteiger charge is -2.12. The van der Waals surface area contributed by atoms with Gasteiger partial charge in [-0.15, -0.1) is 0 Å². The first-order valence-electron chi connectivity index (χ1n) is 6.08. The van der Waals surface area contributed by atoms with Crippen LogP contribution in [0.1, 0.15) is 29.4 Å². The Balaban J connectivity index is 2.20. The summed E-state index contributed by atoms with van der Waals surface area (Å²) in [6, 6.07) is 6.82. The van der Waals surface area contributed by atoms with Crippen molar-refractivity contribution in [2.45, 2.75) is 18.9 Å². The van der Waals surface area contributed by atoms with Crippen LogP contribution in [-0.2, 0) is 0 Å². The van der Waals surface area contributed by atoms with Gasteiger partial charge in [-0.2, -0.15) is 0 Å². The molecule has 0 atom stereocenters. The summed E-state index contributed by atoms with van der Waals surface area (Å²) in [5, 5.41) is 10.5. The maximum atomic E-state index is 11.3. The molecule has 1 heterocycles. The Kier molecular flexibility index (Phi) is 3.44. The lowest BCUT2D eigenvalue weighted by Crippen LogP contribution is -2.08. The van der Waals surface area contributed by atoms with E-state index in [4.69, 9.17) is 34.8 Å². The molecule has 3 rings (SSSR count). The summed E-state index contributed by atoms with van der Waals surface area (Å²) in [5.41, 5.74) is 1.72. The largest absolute Gasteiger partial charge is 0.477 e. The van der Waals surface area contributed by atoms with Crippen molar-refractivity contribution in [3.05, 3.63) is 45.0 Å². The van der Waals surface area contributed by atoms with Crippen LogP contribution in [0, 0.1) is 0 Å². The topological polar surface area (TPSA) is 42.2 Å². The molecule has 1 aromatic heterocycles. The van der Waals surface area contributed by atoms with Crippen LogP contribution in [0.15, 0.2) is 24.3 Å². The number of aromatic nitrogens is 1. The molecule has 0 saturated heterocycles. The van der Waals surface area contributed by atoms with Gasteiger partial charge >= 0.3 is 5.97 Å². The van der Waals surface area contributed by atoms with Crippen molar-refractivity contribution in [1.82, 2.24) is 4.57 Å². The average Bonchev–Trinajstić information content (AvgIpc) is 3.12. The van der Waals surface area contributed by atoms with Crippen LogP contribution >= 0.6 is 34.8 Å². The van der Waals surface area contributed by atoms with E-state index in [-0.39, 0.29) is 11.7 Å². The summed E-state index contributed by atoms with van der Waals surface area (Å²) in [5.74, 6) is -0.945. The highest BCUT2D eigenvalue weighted by atomic mass is 35.5.